The second kappa shape index (κ2) is 8.16. The number of piperazine rings is 1. The van der Waals surface area contributed by atoms with Crippen LogP contribution < -0.4 is 15.4 Å². The summed E-state index contributed by atoms with van der Waals surface area (Å²) in [6, 6.07) is 9.43. The van der Waals surface area contributed by atoms with Crippen molar-refractivity contribution in [1.29, 1.82) is 0 Å². The standard InChI is InChI=1S/C18H19Cl2N3O4S/c1-27-16-6-5-12(11-13(16)18(21)24)28(25,26)23-9-7-22(8-10-23)15-4-2-3-14(19)17(15)20/h2-6,11H,7-10H2,1H3,(H2,21,24). The van der Waals surface area contributed by atoms with Crippen molar-refractivity contribution in [2.24, 2.45) is 5.73 Å². The van der Waals surface area contributed by atoms with Crippen LogP contribution >= 0.6 is 23.2 Å². The molecule has 0 bridgehead atoms. The highest BCUT2D eigenvalue weighted by Crippen LogP contribution is 2.33. The molecule has 2 N–H and O–H groups in total. The number of benzene rings is 2. The molecule has 1 amide bonds. The molecule has 0 aliphatic carbocycles. The lowest BCUT2D eigenvalue weighted by Crippen LogP contribution is -2.48. The van der Waals surface area contributed by atoms with Crippen molar-refractivity contribution in [2.75, 3.05) is 38.2 Å². The van der Waals surface area contributed by atoms with Crippen LogP contribution in [0.2, 0.25) is 10.0 Å². The number of hydrogen-bond donors (Lipinski definition) is 1. The minimum Gasteiger partial charge on any atom is -0.496 e. The molecule has 0 aromatic heterocycles. The predicted octanol–water partition coefficient (Wildman–Crippen LogP) is 2.61. The van der Waals surface area contributed by atoms with Crippen LogP contribution in [0.3, 0.4) is 0 Å². The minimum atomic E-state index is -3.78. The first-order chi connectivity index (χ1) is 13.3. The van der Waals surface area contributed by atoms with Crippen LogP contribution in [0.1, 0.15) is 10.4 Å². The fraction of sp³-hybridized carbons (Fsp3) is 0.278. The molecule has 1 fully saturated rings. The summed E-state index contributed by atoms with van der Waals surface area (Å²) < 4.78 is 32.4. The number of carbonyl (C=O) groups excluding carboxylic acids is 1. The summed E-state index contributed by atoms with van der Waals surface area (Å²) in [6.45, 7) is 1.45. The number of rotatable bonds is 5. The van der Waals surface area contributed by atoms with Crippen molar-refractivity contribution in [3.05, 3.63) is 52.0 Å². The Morgan fingerprint density at radius 2 is 1.79 bits per heavy atom. The zero-order chi connectivity index (χ0) is 20.5. The van der Waals surface area contributed by atoms with Gasteiger partial charge in [-0.1, -0.05) is 29.3 Å². The van der Waals surface area contributed by atoms with Gasteiger partial charge in [0.2, 0.25) is 10.0 Å². The fourth-order valence-corrected chi connectivity index (χ4v) is 4.96. The van der Waals surface area contributed by atoms with Crippen LogP contribution in [0.4, 0.5) is 5.69 Å². The summed E-state index contributed by atoms with van der Waals surface area (Å²) in [5.41, 5.74) is 6.12. The number of nitrogens with two attached hydrogens (primary N) is 1. The van der Waals surface area contributed by atoms with Gasteiger partial charge in [-0.25, -0.2) is 8.42 Å². The molecule has 1 saturated heterocycles. The number of amides is 1. The molecular formula is C18H19Cl2N3O4S. The number of hydrogen-bond acceptors (Lipinski definition) is 5. The lowest BCUT2D eigenvalue weighted by atomic mass is 10.2. The number of halogens is 2. The number of primary amides is 1. The van der Waals surface area contributed by atoms with Crippen molar-refractivity contribution in [2.45, 2.75) is 4.90 Å². The SMILES string of the molecule is COc1ccc(S(=O)(=O)N2CCN(c3cccc(Cl)c3Cl)CC2)cc1C(N)=O. The van der Waals surface area contributed by atoms with Gasteiger partial charge in [0.15, 0.2) is 0 Å². The zero-order valence-corrected chi connectivity index (χ0v) is 17.4. The maximum Gasteiger partial charge on any atom is 0.252 e. The molecule has 1 heterocycles. The van der Waals surface area contributed by atoms with E-state index in [0.717, 1.165) is 5.69 Å². The maximum absolute atomic E-state index is 13.0. The highest BCUT2D eigenvalue weighted by atomic mass is 35.5. The Balaban J connectivity index is 1.81. The van der Waals surface area contributed by atoms with Crippen LogP contribution in [0, 0.1) is 0 Å². The topological polar surface area (TPSA) is 92.9 Å². The number of sulfonamides is 1. The third-order valence-corrected chi connectivity index (χ3v) is 7.29. The van der Waals surface area contributed by atoms with Crippen LogP contribution in [-0.2, 0) is 10.0 Å². The second-order valence-corrected chi connectivity index (χ2v) is 8.91. The molecule has 3 rings (SSSR count). The molecule has 0 radical (unpaired) electrons. The molecular weight excluding hydrogens is 425 g/mol. The summed E-state index contributed by atoms with van der Waals surface area (Å²) in [5, 5.41) is 0.896. The monoisotopic (exact) mass is 443 g/mol. The van der Waals surface area contributed by atoms with Crippen LogP contribution in [0.15, 0.2) is 41.3 Å². The quantitative estimate of drug-likeness (QED) is 0.766. The van der Waals surface area contributed by atoms with Crippen molar-refractivity contribution in [3.8, 4) is 5.75 Å². The van der Waals surface area contributed by atoms with Gasteiger partial charge in [-0.2, -0.15) is 4.31 Å². The van der Waals surface area contributed by atoms with Gasteiger partial charge < -0.3 is 15.4 Å². The molecule has 2 aromatic carbocycles. The van der Waals surface area contributed by atoms with Crippen molar-refractivity contribution >= 4 is 44.8 Å². The third kappa shape index (κ3) is 3.91. The van der Waals surface area contributed by atoms with E-state index in [1.807, 2.05) is 11.0 Å². The van der Waals surface area contributed by atoms with Crippen molar-refractivity contribution in [3.63, 3.8) is 0 Å². The van der Waals surface area contributed by atoms with E-state index in [1.165, 1.54) is 29.6 Å². The van der Waals surface area contributed by atoms with Gasteiger partial charge >= 0.3 is 0 Å². The molecule has 0 spiro atoms. The Morgan fingerprint density at radius 1 is 1.11 bits per heavy atom. The van der Waals surface area contributed by atoms with Crippen LogP contribution in [0.25, 0.3) is 0 Å². The third-order valence-electron chi connectivity index (χ3n) is 4.58. The number of ether oxygens (including phenoxy) is 1. The first-order valence-corrected chi connectivity index (χ1v) is 10.6. The average molecular weight is 444 g/mol. The Hall–Kier alpha value is -2.00. The number of carbonyl (C=O) groups is 1. The van der Waals surface area contributed by atoms with E-state index in [0.29, 0.717) is 23.1 Å². The normalized spacial score (nSPS) is 15.5. The predicted molar refractivity (Wildman–Crippen MR) is 109 cm³/mol. The van der Waals surface area contributed by atoms with Crippen molar-refractivity contribution < 1.29 is 17.9 Å². The summed E-state index contributed by atoms with van der Waals surface area (Å²) in [7, 11) is -2.40. The summed E-state index contributed by atoms with van der Waals surface area (Å²) in [6.07, 6.45) is 0. The lowest BCUT2D eigenvalue weighted by Gasteiger charge is -2.36. The second-order valence-electron chi connectivity index (χ2n) is 6.19. The zero-order valence-electron chi connectivity index (χ0n) is 15.1. The minimum absolute atomic E-state index is 0.00339. The maximum atomic E-state index is 13.0. The largest absolute Gasteiger partial charge is 0.496 e. The van der Waals surface area contributed by atoms with E-state index < -0.39 is 15.9 Å². The first-order valence-electron chi connectivity index (χ1n) is 8.42. The van der Waals surface area contributed by atoms with E-state index in [-0.39, 0.29) is 29.3 Å². The average Bonchev–Trinajstić information content (AvgIpc) is 2.69. The molecule has 1 aliphatic heterocycles. The lowest BCUT2D eigenvalue weighted by molar-refractivity contribution is 0.0997. The van der Waals surface area contributed by atoms with Gasteiger partial charge in [-0.15, -0.1) is 0 Å². The highest BCUT2D eigenvalue weighted by molar-refractivity contribution is 7.89. The Bertz CT molecular complexity index is 1010. The molecule has 28 heavy (non-hydrogen) atoms. The highest BCUT2D eigenvalue weighted by Gasteiger charge is 2.30. The molecule has 10 heteroatoms. The van der Waals surface area contributed by atoms with Gasteiger partial charge in [0.05, 0.1) is 33.3 Å². The van der Waals surface area contributed by atoms with Gasteiger partial charge in [-0.3, -0.25) is 4.79 Å². The van der Waals surface area contributed by atoms with Crippen LogP contribution in [-0.4, -0.2) is 51.9 Å². The van der Waals surface area contributed by atoms with Gasteiger partial charge in [0, 0.05) is 26.2 Å². The Labute approximate surface area is 173 Å². The van der Waals surface area contributed by atoms with Crippen molar-refractivity contribution in [1.82, 2.24) is 4.31 Å². The summed E-state index contributed by atoms with van der Waals surface area (Å²) >= 11 is 12.3. The fourth-order valence-electron chi connectivity index (χ4n) is 3.10. The van der Waals surface area contributed by atoms with Gasteiger partial charge in [-0.05, 0) is 30.3 Å². The molecule has 0 saturated carbocycles. The molecule has 1 aliphatic rings. The molecule has 7 nitrogen and oxygen atoms in total. The Kier molecular flexibility index (Phi) is 6.04. The number of methoxy groups -OCH3 is 1. The number of anilines is 1. The first kappa shape index (κ1) is 20.7. The summed E-state index contributed by atoms with van der Waals surface area (Å²) in [5.74, 6) is -0.527. The van der Waals surface area contributed by atoms with E-state index in [1.54, 1.807) is 12.1 Å². The Morgan fingerprint density at radius 3 is 2.39 bits per heavy atom. The smallest absolute Gasteiger partial charge is 0.252 e. The van der Waals surface area contributed by atoms with E-state index >= 15 is 0 Å². The van der Waals surface area contributed by atoms with E-state index in [4.69, 9.17) is 33.7 Å². The van der Waals surface area contributed by atoms with E-state index in [9.17, 15) is 13.2 Å². The van der Waals surface area contributed by atoms with E-state index in [2.05, 4.69) is 0 Å². The van der Waals surface area contributed by atoms with Gasteiger partial charge in [0.1, 0.15) is 5.75 Å². The van der Waals surface area contributed by atoms with Crippen LogP contribution in [0.5, 0.6) is 5.75 Å². The molecule has 0 unspecified atom stereocenters. The van der Waals surface area contributed by atoms with Gasteiger partial charge in [0.25, 0.3) is 5.91 Å². The summed E-state index contributed by atoms with van der Waals surface area (Å²) in [4.78, 5) is 13.6. The molecule has 0 atom stereocenters. The molecule has 150 valence electrons. The molecule has 2 aromatic rings. The number of nitrogens with zero attached hydrogens (tertiary/aromatic N) is 2.